The number of hydrogen-bond acceptors (Lipinski definition) is 6. The number of benzene rings is 2. The summed E-state index contributed by atoms with van der Waals surface area (Å²) in [5.41, 5.74) is 6.16. The molecule has 1 heterocycles. The average Bonchev–Trinajstić information content (AvgIpc) is 2.66. The predicted octanol–water partition coefficient (Wildman–Crippen LogP) is 2.30. The number of carbonyl (C=O) groups is 2. The summed E-state index contributed by atoms with van der Waals surface area (Å²) < 4.78 is 16.4. The number of nitrogens with two attached hydrogens (primary N) is 1. The van der Waals surface area contributed by atoms with Crippen molar-refractivity contribution in [2.45, 2.75) is 4.90 Å². The Labute approximate surface area is 154 Å². The number of fused-ring (bicyclic) bond motifs is 1. The third-order valence-corrected chi connectivity index (χ3v) is 4.69. The van der Waals surface area contributed by atoms with E-state index >= 15 is 0 Å². The molecule has 0 saturated carbocycles. The molecule has 0 bridgehead atoms. The number of carbonyl (C=O) groups excluding carboxylic acids is 2. The Morgan fingerprint density at radius 2 is 2.00 bits per heavy atom. The first-order valence-corrected chi connectivity index (χ1v) is 8.86. The molecule has 1 aliphatic heterocycles. The Balaban J connectivity index is 1.84. The van der Waals surface area contributed by atoms with E-state index in [2.05, 4.69) is 5.32 Å². The second-order valence-corrected chi connectivity index (χ2v) is 6.43. The van der Waals surface area contributed by atoms with E-state index in [1.165, 1.54) is 18.9 Å². The van der Waals surface area contributed by atoms with Gasteiger partial charge in [-0.2, -0.15) is 0 Å². The molecule has 26 heavy (non-hydrogen) atoms. The third kappa shape index (κ3) is 4.02. The van der Waals surface area contributed by atoms with Crippen molar-refractivity contribution in [1.82, 2.24) is 0 Å². The lowest BCUT2D eigenvalue weighted by Crippen LogP contribution is -2.18. The number of methoxy groups -OCH3 is 1. The van der Waals surface area contributed by atoms with Gasteiger partial charge < -0.3 is 25.3 Å². The largest absolute Gasteiger partial charge is 0.493 e. The summed E-state index contributed by atoms with van der Waals surface area (Å²) in [4.78, 5) is 24.5. The third-order valence-electron chi connectivity index (χ3n) is 3.60. The highest BCUT2D eigenvalue weighted by Crippen LogP contribution is 2.40. The zero-order valence-corrected chi connectivity index (χ0v) is 14.9. The van der Waals surface area contributed by atoms with Gasteiger partial charge in [0.25, 0.3) is 5.91 Å². The molecule has 0 unspecified atom stereocenters. The number of anilines is 1. The van der Waals surface area contributed by atoms with Gasteiger partial charge in [0.1, 0.15) is 13.2 Å². The maximum Gasteiger partial charge on any atom is 0.255 e. The van der Waals surface area contributed by atoms with Gasteiger partial charge >= 0.3 is 0 Å². The van der Waals surface area contributed by atoms with E-state index < -0.39 is 5.91 Å². The normalized spacial score (nSPS) is 12.3. The van der Waals surface area contributed by atoms with Gasteiger partial charge in [0.15, 0.2) is 11.5 Å². The Hall–Kier alpha value is -2.87. The molecule has 136 valence electrons. The second-order valence-electron chi connectivity index (χ2n) is 5.41. The highest BCUT2D eigenvalue weighted by Gasteiger charge is 2.21. The van der Waals surface area contributed by atoms with E-state index in [1.807, 2.05) is 12.1 Å². The van der Waals surface area contributed by atoms with Crippen LogP contribution in [0.15, 0.2) is 41.3 Å². The lowest BCUT2D eigenvalue weighted by atomic mass is 10.1. The number of para-hydroxylation sites is 1. The Morgan fingerprint density at radius 1 is 1.23 bits per heavy atom. The van der Waals surface area contributed by atoms with Crippen molar-refractivity contribution < 1.29 is 23.8 Å². The summed E-state index contributed by atoms with van der Waals surface area (Å²) >= 11 is 1.26. The van der Waals surface area contributed by atoms with Crippen LogP contribution in [0.1, 0.15) is 10.4 Å². The zero-order chi connectivity index (χ0) is 18.5. The van der Waals surface area contributed by atoms with Crippen LogP contribution in [0.3, 0.4) is 0 Å². The Kier molecular flexibility index (Phi) is 5.52. The van der Waals surface area contributed by atoms with Crippen molar-refractivity contribution in [2.75, 3.05) is 31.4 Å². The van der Waals surface area contributed by atoms with Crippen LogP contribution in [0.4, 0.5) is 5.69 Å². The van der Waals surface area contributed by atoms with Crippen LogP contribution >= 0.6 is 11.8 Å². The minimum atomic E-state index is -0.423. The summed E-state index contributed by atoms with van der Waals surface area (Å²) in [5.74, 6) is 0.777. The van der Waals surface area contributed by atoms with Crippen LogP contribution in [0.25, 0.3) is 0 Å². The van der Waals surface area contributed by atoms with Gasteiger partial charge in [0.05, 0.1) is 18.6 Å². The molecule has 0 saturated heterocycles. The molecule has 0 atom stereocenters. The molecule has 8 heteroatoms. The molecule has 7 nitrogen and oxygen atoms in total. The monoisotopic (exact) mass is 374 g/mol. The molecule has 0 radical (unpaired) electrons. The second kappa shape index (κ2) is 8.01. The molecule has 3 rings (SSSR count). The fourth-order valence-electron chi connectivity index (χ4n) is 2.44. The minimum absolute atomic E-state index is 0.130. The van der Waals surface area contributed by atoms with Gasteiger partial charge in [-0.15, -0.1) is 11.8 Å². The molecule has 0 aromatic heterocycles. The molecular formula is C18H18N2O5S. The van der Waals surface area contributed by atoms with Crippen molar-refractivity contribution >= 4 is 29.3 Å². The predicted molar refractivity (Wildman–Crippen MR) is 98.3 cm³/mol. The van der Waals surface area contributed by atoms with Crippen LogP contribution < -0.4 is 25.3 Å². The summed E-state index contributed by atoms with van der Waals surface area (Å²) in [6.07, 6.45) is 0. The molecule has 2 aromatic carbocycles. The van der Waals surface area contributed by atoms with E-state index in [-0.39, 0.29) is 11.7 Å². The highest BCUT2D eigenvalue weighted by molar-refractivity contribution is 8.00. The first kappa shape index (κ1) is 17.9. The summed E-state index contributed by atoms with van der Waals surface area (Å²) in [7, 11) is 1.50. The Morgan fingerprint density at radius 3 is 2.77 bits per heavy atom. The van der Waals surface area contributed by atoms with Crippen molar-refractivity contribution in [3.05, 3.63) is 42.0 Å². The number of rotatable bonds is 6. The van der Waals surface area contributed by atoms with E-state index in [4.69, 9.17) is 19.9 Å². The number of amides is 2. The SMILES string of the molecule is COc1cc(C(=O)Nc2ccccc2SCC(N)=O)cc2c1OCCO2. The topological polar surface area (TPSA) is 99.9 Å². The minimum Gasteiger partial charge on any atom is -0.493 e. The first-order valence-electron chi connectivity index (χ1n) is 7.87. The van der Waals surface area contributed by atoms with Crippen molar-refractivity contribution in [3.63, 3.8) is 0 Å². The van der Waals surface area contributed by atoms with Crippen LogP contribution in [-0.4, -0.2) is 37.9 Å². The molecule has 0 fully saturated rings. The number of thioether (sulfide) groups is 1. The van der Waals surface area contributed by atoms with Crippen LogP contribution in [-0.2, 0) is 4.79 Å². The molecule has 3 N–H and O–H groups in total. The lowest BCUT2D eigenvalue weighted by Gasteiger charge is -2.21. The molecule has 2 aromatic rings. The van der Waals surface area contributed by atoms with Gasteiger partial charge in [0.2, 0.25) is 11.7 Å². The maximum atomic E-state index is 12.7. The quantitative estimate of drug-likeness (QED) is 0.753. The number of ether oxygens (including phenoxy) is 3. The molecule has 2 amide bonds. The van der Waals surface area contributed by atoms with Gasteiger partial charge in [-0.1, -0.05) is 12.1 Å². The van der Waals surface area contributed by atoms with Gasteiger partial charge in [-0.3, -0.25) is 9.59 Å². The first-order chi connectivity index (χ1) is 12.6. The van der Waals surface area contributed by atoms with E-state index in [1.54, 1.807) is 24.3 Å². The summed E-state index contributed by atoms with van der Waals surface area (Å²) in [5, 5.41) is 2.84. The van der Waals surface area contributed by atoms with Crippen LogP contribution in [0, 0.1) is 0 Å². The molecular weight excluding hydrogens is 356 g/mol. The molecule has 0 aliphatic carbocycles. The van der Waals surface area contributed by atoms with Crippen LogP contribution in [0.5, 0.6) is 17.2 Å². The van der Waals surface area contributed by atoms with E-state index in [0.717, 1.165) is 4.90 Å². The maximum absolute atomic E-state index is 12.7. The molecule has 0 spiro atoms. The smallest absolute Gasteiger partial charge is 0.255 e. The number of nitrogens with one attached hydrogen (secondary N) is 1. The number of primary amides is 1. The van der Waals surface area contributed by atoms with Crippen molar-refractivity contribution in [3.8, 4) is 17.2 Å². The highest BCUT2D eigenvalue weighted by atomic mass is 32.2. The van der Waals surface area contributed by atoms with Gasteiger partial charge in [-0.05, 0) is 24.3 Å². The van der Waals surface area contributed by atoms with Crippen molar-refractivity contribution in [1.29, 1.82) is 0 Å². The lowest BCUT2D eigenvalue weighted by molar-refractivity contribution is -0.115. The fraction of sp³-hybridized carbons (Fsp3) is 0.222. The summed E-state index contributed by atoms with van der Waals surface area (Å²) in [6, 6.07) is 10.4. The molecule has 1 aliphatic rings. The zero-order valence-electron chi connectivity index (χ0n) is 14.1. The Bertz CT molecular complexity index is 823. The van der Waals surface area contributed by atoms with Crippen LogP contribution in [0.2, 0.25) is 0 Å². The van der Waals surface area contributed by atoms with Gasteiger partial charge in [-0.25, -0.2) is 0 Å². The van der Waals surface area contributed by atoms with E-state index in [9.17, 15) is 9.59 Å². The van der Waals surface area contributed by atoms with E-state index in [0.29, 0.717) is 41.7 Å². The number of hydrogen-bond donors (Lipinski definition) is 2. The summed E-state index contributed by atoms with van der Waals surface area (Å²) in [6.45, 7) is 0.840. The van der Waals surface area contributed by atoms with Crippen molar-refractivity contribution in [2.24, 2.45) is 5.73 Å². The average molecular weight is 374 g/mol. The standard InChI is InChI=1S/C18H18N2O5S/c1-23-13-8-11(9-14-17(13)25-7-6-24-14)18(22)20-12-4-2-3-5-15(12)26-10-16(19)21/h2-5,8-9H,6-7,10H2,1H3,(H2,19,21)(H,20,22). The van der Waals surface area contributed by atoms with Gasteiger partial charge in [0, 0.05) is 10.5 Å². The fourth-order valence-corrected chi connectivity index (χ4v) is 3.19.